The van der Waals surface area contributed by atoms with Crippen LogP contribution in [0.15, 0.2) is 33.7 Å². The third kappa shape index (κ3) is 2.70. The predicted octanol–water partition coefficient (Wildman–Crippen LogP) is 4.17. The van der Waals surface area contributed by atoms with Gasteiger partial charge in [-0.25, -0.2) is 0 Å². The number of anilines is 1. The molecule has 1 aliphatic carbocycles. The summed E-state index contributed by atoms with van der Waals surface area (Å²) in [6.45, 7) is 5.53. The maximum absolute atomic E-state index is 6.22. The van der Waals surface area contributed by atoms with E-state index in [1.807, 2.05) is 0 Å². The Hall–Kier alpha value is -1.03. The quantitative estimate of drug-likeness (QED) is 0.870. The molecule has 2 aliphatic rings. The molecule has 0 atom stereocenters. The summed E-state index contributed by atoms with van der Waals surface area (Å²) in [5.74, 6) is 2.30. The minimum Gasteiger partial charge on any atom is -0.369 e. The zero-order chi connectivity index (χ0) is 15.0. The van der Waals surface area contributed by atoms with Crippen molar-refractivity contribution in [3.63, 3.8) is 0 Å². The lowest BCUT2D eigenvalue weighted by atomic mass is 9.72. The highest BCUT2D eigenvalue weighted by Gasteiger charge is 2.45. The molecule has 0 saturated heterocycles. The van der Waals surface area contributed by atoms with E-state index in [1.165, 1.54) is 25.7 Å². The number of nitrogens with two attached hydrogens (primary N) is 1. The fourth-order valence-electron chi connectivity index (χ4n) is 3.86. The molecule has 3 nitrogen and oxygen atoms in total. The topological polar surface area (TPSA) is 41.6 Å². The monoisotopic (exact) mass is 349 g/mol. The molecule has 0 amide bonds. The van der Waals surface area contributed by atoms with Crippen LogP contribution in [0.4, 0.5) is 5.69 Å². The molecular formula is C17H24BrN3. The lowest BCUT2D eigenvalue weighted by Crippen LogP contribution is -2.54. The highest BCUT2D eigenvalue weighted by molar-refractivity contribution is 9.10. The van der Waals surface area contributed by atoms with Gasteiger partial charge in [0, 0.05) is 10.2 Å². The Morgan fingerprint density at radius 1 is 1.33 bits per heavy atom. The van der Waals surface area contributed by atoms with E-state index < -0.39 is 0 Å². The van der Waals surface area contributed by atoms with Crippen molar-refractivity contribution in [1.29, 1.82) is 0 Å². The van der Waals surface area contributed by atoms with E-state index in [2.05, 4.69) is 63.9 Å². The smallest absolute Gasteiger partial charge is 0.196 e. The second-order valence-electron chi connectivity index (χ2n) is 6.80. The summed E-state index contributed by atoms with van der Waals surface area (Å²) >= 11 is 3.56. The van der Waals surface area contributed by atoms with Crippen LogP contribution < -0.4 is 10.6 Å². The zero-order valence-electron chi connectivity index (χ0n) is 12.8. The number of rotatable bonds is 2. The lowest BCUT2D eigenvalue weighted by molar-refractivity contribution is 0.206. The first-order valence-corrected chi connectivity index (χ1v) is 8.67. The molecule has 0 radical (unpaired) electrons. The van der Waals surface area contributed by atoms with Crippen molar-refractivity contribution in [3.8, 4) is 0 Å². The van der Waals surface area contributed by atoms with Crippen LogP contribution in [0.25, 0.3) is 0 Å². The van der Waals surface area contributed by atoms with Crippen LogP contribution in [0, 0.1) is 11.8 Å². The van der Waals surface area contributed by atoms with Crippen LogP contribution in [0.2, 0.25) is 0 Å². The van der Waals surface area contributed by atoms with Crippen molar-refractivity contribution in [2.24, 2.45) is 22.6 Å². The van der Waals surface area contributed by atoms with Crippen LogP contribution in [0.1, 0.15) is 39.5 Å². The van der Waals surface area contributed by atoms with Gasteiger partial charge in [-0.2, -0.15) is 0 Å². The molecule has 1 aromatic rings. The van der Waals surface area contributed by atoms with E-state index in [1.54, 1.807) is 0 Å². The molecule has 1 heterocycles. The molecule has 4 heteroatoms. The molecule has 2 N–H and O–H groups in total. The van der Waals surface area contributed by atoms with E-state index >= 15 is 0 Å². The third-order valence-electron chi connectivity index (χ3n) is 5.21. The van der Waals surface area contributed by atoms with Gasteiger partial charge in [0.15, 0.2) is 5.96 Å². The van der Waals surface area contributed by atoms with Gasteiger partial charge in [-0.3, -0.25) is 4.99 Å². The van der Waals surface area contributed by atoms with Crippen LogP contribution in [0.5, 0.6) is 0 Å². The van der Waals surface area contributed by atoms with Crippen molar-refractivity contribution in [2.45, 2.75) is 45.1 Å². The SMILES string of the molecule is CC(C)C1CCC2(CC1)CN=C(N)N2c1cccc(Br)c1. The summed E-state index contributed by atoms with van der Waals surface area (Å²) in [6, 6.07) is 8.40. The van der Waals surface area contributed by atoms with Gasteiger partial charge in [0.2, 0.25) is 0 Å². The standard InChI is InChI=1S/C17H24BrN3/c1-12(2)13-6-8-17(9-7-13)11-20-16(19)21(17)15-5-3-4-14(18)10-15/h3-5,10,12-13H,6-9,11H2,1-2H3,(H2,19,20). The minimum atomic E-state index is 0.107. The van der Waals surface area contributed by atoms with Crippen molar-refractivity contribution in [3.05, 3.63) is 28.7 Å². The molecular weight excluding hydrogens is 326 g/mol. The second kappa shape index (κ2) is 5.64. The summed E-state index contributed by atoms with van der Waals surface area (Å²) in [5, 5.41) is 0. The number of nitrogens with zero attached hydrogens (tertiary/aromatic N) is 2. The maximum atomic E-state index is 6.22. The van der Waals surface area contributed by atoms with Gasteiger partial charge in [-0.05, 0) is 55.7 Å². The first kappa shape index (κ1) is 14.9. The Kier molecular flexibility index (Phi) is 4.00. The number of guanidine groups is 1. The van der Waals surface area contributed by atoms with Crippen molar-refractivity contribution in [2.75, 3.05) is 11.4 Å². The Morgan fingerprint density at radius 3 is 2.67 bits per heavy atom. The van der Waals surface area contributed by atoms with Gasteiger partial charge >= 0.3 is 0 Å². The van der Waals surface area contributed by atoms with Crippen LogP contribution in [-0.4, -0.2) is 18.0 Å². The number of benzene rings is 1. The average molecular weight is 350 g/mol. The van der Waals surface area contributed by atoms with Gasteiger partial charge in [-0.1, -0.05) is 35.8 Å². The Balaban J connectivity index is 1.86. The van der Waals surface area contributed by atoms with Crippen LogP contribution in [0.3, 0.4) is 0 Å². The first-order valence-electron chi connectivity index (χ1n) is 7.87. The zero-order valence-corrected chi connectivity index (χ0v) is 14.4. The fourth-order valence-corrected chi connectivity index (χ4v) is 4.25. The van der Waals surface area contributed by atoms with Gasteiger partial charge in [0.25, 0.3) is 0 Å². The average Bonchev–Trinajstić information content (AvgIpc) is 2.76. The molecule has 0 unspecified atom stereocenters. The van der Waals surface area contributed by atoms with Crippen LogP contribution in [-0.2, 0) is 0 Å². The second-order valence-corrected chi connectivity index (χ2v) is 7.71. The molecule has 1 aliphatic heterocycles. The number of aliphatic imine (C=N–C) groups is 1. The van der Waals surface area contributed by atoms with Crippen molar-refractivity contribution >= 4 is 27.6 Å². The lowest BCUT2D eigenvalue weighted by Gasteiger charge is -2.45. The maximum Gasteiger partial charge on any atom is 0.196 e. The summed E-state index contributed by atoms with van der Waals surface area (Å²) in [6.07, 6.45) is 4.94. The van der Waals surface area contributed by atoms with E-state index in [-0.39, 0.29) is 5.54 Å². The third-order valence-corrected chi connectivity index (χ3v) is 5.70. The van der Waals surface area contributed by atoms with Crippen molar-refractivity contribution < 1.29 is 0 Å². The Labute approximate surface area is 135 Å². The molecule has 0 aromatic heterocycles. The minimum absolute atomic E-state index is 0.107. The van der Waals surface area contributed by atoms with Gasteiger partial charge < -0.3 is 10.6 Å². The highest BCUT2D eigenvalue weighted by atomic mass is 79.9. The summed E-state index contributed by atoms with van der Waals surface area (Å²) < 4.78 is 1.09. The highest BCUT2D eigenvalue weighted by Crippen LogP contribution is 2.43. The van der Waals surface area contributed by atoms with Crippen LogP contribution >= 0.6 is 15.9 Å². The summed E-state index contributed by atoms with van der Waals surface area (Å²) in [7, 11) is 0. The summed E-state index contributed by atoms with van der Waals surface area (Å²) in [4.78, 5) is 6.86. The molecule has 1 spiro atoms. The van der Waals surface area contributed by atoms with Gasteiger partial charge in [0.1, 0.15) is 0 Å². The van der Waals surface area contributed by atoms with E-state index in [0.29, 0.717) is 5.96 Å². The number of hydrogen-bond donors (Lipinski definition) is 1. The van der Waals surface area contributed by atoms with Crippen molar-refractivity contribution in [1.82, 2.24) is 0 Å². The Bertz CT molecular complexity index is 545. The van der Waals surface area contributed by atoms with E-state index in [0.717, 1.165) is 28.5 Å². The molecule has 1 saturated carbocycles. The number of halogens is 1. The number of hydrogen-bond acceptors (Lipinski definition) is 3. The van der Waals surface area contributed by atoms with Gasteiger partial charge in [-0.15, -0.1) is 0 Å². The molecule has 1 aromatic carbocycles. The van der Waals surface area contributed by atoms with Gasteiger partial charge in [0.05, 0.1) is 12.1 Å². The molecule has 3 rings (SSSR count). The van der Waals surface area contributed by atoms with E-state index in [4.69, 9.17) is 5.73 Å². The first-order chi connectivity index (χ1) is 10.0. The Morgan fingerprint density at radius 2 is 2.05 bits per heavy atom. The predicted molar refractivity (Wildman–Crippen MR) is 92.6 cm³/mol. The van der Waals surface area contributed by atoms with E-state index in [9.17, 15) is 0 Å². The summed E-state index contributed by atoms with van der Waals surface area (Å²) in [5.41, 5.74) is 7.49. The molecule has 1 fully saturated rings. The largest absolute Gasteiger partial charge is 0.369 e. The molecule has 114 valence electrons. The molecule has 0 bridgehead atoms. The fraction of sp³-hybridized carbons (Fsp3) is 0.588. The normalized spacial score (nSPS) is 29.2. The molecule has 21 heavy (non-hydrogen) atoms.